The second-order valence-corrected chi connectivity index (χ2v) is 13.3. The Kier molecular flexibility index (Phi) is 23.7. The van der Waals surface area contributed by atoms with Gasteiger partial charge in [-0.25, -0.2) is 4.57 Å². The molecule has 2 N–H and O–H groups in total. The minimum atomic E-state index is -4.40. The second-order valence-electron chi connectivity index (χ2n) is 9.06. The molecule has 0 spiro atoms. The van der Waals surface area contributed by atoms with Crippen molar-refractivity contribution < 1.29 is 40.5 Å². The first kappa shape index (κ1) is 36.8. The molecule has 0 aliphatic rings. The van der Waals surface area contributed by atoms with Gasteiger partial charge >= 0.3 is 7.82 Å². The van der Waals surface area contributed by atoms with Gasteiger partial charge in [0.25, 0.3) is 0 Å². The van der Waals surface area contributed by atoms with Crippen LogP contribution in [0.3, 0.4) is 0 Å². The maximum atomic E-state index is 12.5. The van der Waals surface area contributed by atoms with Gasteiger partial charge in [-0.15, -0.1) is 0 Å². The van der Waals surface area contributed by atoms with E-state index in [1.807, 2.05) is 6.92 Å². The summed E-state index contributed by atoms with van der Waals surface area (Å²) in [6.07, 6.45) is 8.12. The molecule has 4 unspecified atom stereocenters. The third-order valence-corrected chi connectivity index (χ3v) is 7.51. The van der Waals surface area contributed by atoms with Gasteiger partial charge in [0.2, 0.25) is 0 Å². The summed E-state index contributed by atoms with van der Waals surface area (Å²) < 4.78 is 44.9. The first-order valence-electron chi connectivity index (χ1n) is 12.0. The van der Waals surface area contributed by atoms with Crippen LogP contribution in [0.15, 0.2) is 0 Å². The average Bonchev–Trinajstić information content (AvgIpc) is 2.84. The van der Waals surface area contributed by atoms with E-state index in [1.165, 1.54) is 0 Å². The molecule has 0 aromatic rings. The van der Waals surface area contributed by atoms with Crippen molar-refractivity contribution in [3.8, 4) is 0 Å². The first-order valence-corrected chi connectivity index (χ1v) is 16.4. The third-order valence-electron chi connectivity index (χ3n) is 5.10. The molecule has 9 nitrogen and oxygen atoms in total. The van der Waals surface area contributed by atoms with Crippen molar-refractivity contribution in [3.05, 3.63) is 0 Å². The fourth-order valence-corrected chi connectivity index (χ4v) is 5.12. The van der Waals surface area contributed by atoms with Crippen molar-refractivity contribution >= 4 is 65.1 Å². The zero-order valence-electron chi connectivity index (χ0n) is 21.0. The molecule has 0 aliphatic carbocycles. The molecular formula is C21H45IO9P2S2. The maximum absolute atomic E-state index is 12.5. The highest BCUT2D eigenvalue weighted by atomic mass is 127. The molecule has 35 heavy (non-hydrogen) atoms. The highest BCUT2D eigenvalue weighted by Gasteiger charge is 2.34. The van der Waals surface area contributed by atoms with E-state index in [2.05, 4.69) is 25.3 Å². The molecule has 0 rings (SSSR count). The summed E-state index contributed by atoms with van der Waals surface area (Å²) >= 11 is 10.1. The number of hydrogen-bond donors (Lipinski definition) is 4. The number of phosphoric ester groups is 1. The standard InChI is InChI=1S/C21H45IO9P2S2/c1-20(17-28-32-31-22,16-26-11-7-3-5-9-13-34)18-29-33(24,25)30-19-21(2,15-23)27-12-8-4-6-10-14-35/h23,32,34-35H,3-19H2,1-2H3,(H,24,25). The molecule has 0 saturated carbocycles. The molecule has 0 amide bonds. The number of hydrogen-bond acceptors (Lipinski definition) is 10. The van der Waals surface area contributed by atoms with Crippen LogP contribution in [-0.4, -0.2) is 73.4 Å². The molecule has 0 aliphatic heterocycles. The van der Waals surface area contributed by atoms with Gasteiger partial charge in [0.15, 0.2) is 9.03 Å². The molecule has 0 heterocycles. The number of aliphatic hydroxyl groups is 1. The Morgan fingerprint density at radius 3 is 2.00 bits per heavy atom. The fourth-order valence-electron chi connectivity index (χ4n) is 2.85. The SMILES string of the molecule is CC(COCCCCCCS)(COPOI)COP(=O)(O)OCC(C)(CO)OCCCCCCS. The molecule has 0 aromatic carbocycles. The van der Waals surface area contributed by atoms with Crippen LogP contribution >= 0.6 is 65.1 Å². The molecule has 0 fully saturated rings. The van der Waals surface area contributed by atoms with Crippen molar-refractivity contribution in [2.24, 2.45) is 5.41 Å². The van der Waals surface area contributed by atoms with E-state index < -0.39 is 18.8 Å². The Morgan fingerprint density at radius 1 is 0.857 bits per heavy atom. The minimum Gasteiger partial charge on any atom is -0.393 e. The molecular weight excluding hydrogens is 649 g/mol. The molecule has 14 heteroatoms. The fraction of sp³-hybridized carbons (Fsp3) is 1.00. The Balaban J connectivity index is 4.59. The van der Waals surface area contributed by atoms with E-state index in [-0.39, 0.29) is 42.1 Å². The lowest BCUT2D eigenvalue weighted by atomic mass is 9.94. The summed E-state index contributed by atoms with van der Waals surface area (Å²) in [5.41, 5.74) is -1.79. The predicted molar refractivity (Wildman–Crippen MR) is 156 cm³/mol. The van der Waals surface area contributed by atoms with Gasteiger partial charge in [0.1, 0.15) is 28.6 Å². The Bertz CT molecular complexity index is 557. The average molecular weight is 695 g/mol. The Hall–Kier alpha value is 1.77. The molecule has 0 radical (unpaired) electrons. The van der Waals surface area contributed by atoms with E-state index in [4.69, 9.17) is 25.9 Å². The van der Waals surface area contributed by atoms with Crippen LogP contribution in [0, 0.1) is 5.41 Å². The normalized spacial score (nSPS) is 17.5. The van der Waals surface area contributed by atoms with Gasteiger partial charge in [-0.2, -0.15) is 25.3 Å². The number of thiol groups is 2. The summed E-state index contributed by atoms with van der Waals surface area (Å²) in [6, 6.07) is 0. The molecule has 4 atom stereocenters. The number of phosphoric acid groups is 1. The predicted octanol–water partition coefficient (Wildman–Crippen LogP) is 5.78. The summed E-state index contributed by atoms with van der Waals surface area (Å²) in [5, 5.41) is 9.72. The molecule has 0 aromatic heterocycles. The van der Waals surface area contributed by atoms with Gasteiger partial charge in [-0.1, -0.05) is 32.6 Å². The number of halogens is 1. The number of ether oxygens (including phenoxy) is 2. The van der Waals surface area contributed by atoms with Crippen molar-refractivity contribution in [2.45, 2.75) is 70.8 Å². The summed E-state index contributed by atoms with van der Waals surface area (Å²) in [4.78, 5) is 10.2. The van der Waals surface area contributed by atoms with Gasteiger partial charge in [0.05, 0.1) is 33.0 Å². The zero-order chi connectivity index (χ0) is 26.5. The lowest BCUT2D eigenvalue weighted by molar-refractivity contribution is -0.0973. The van der Waals surface area contributed by atoms with Gasteiger partial charge < -0.3 is 24.0 Å². The number of aliphatic hydroxyl groups excluding tert-OH is 1. The lowest BCUT2D eigenvalue weighted by Gasteiger charge is -2.31. The second kappa shape index (κ2) is 22.6. The lowest BCUT2D eigenvalue weighted by Crippen LogP contribution is -2.39. The van der Waals surface area contributed by atoms with E-state index in [0.717, 1.165) is 62.9 Å². The van der Waals surface area contributed by atoms with Gasteiger partial charge in [-0.05, 0) is 44.1 Å². The number of unbranched alkanes of at least 4 members (excludes halogenated alkanes) is 6. The van der Waals surface area contributed by atoms with E-state index >= 15 is 0 Å². The van der Waals surface area contributed by atoms with Crippen LogP contribution in [-0.2, 0) is 30.5 Å². The van der Waals surface area contributed by atoms with Crippen LogP contribution in [0.25, 0.3) is 0 Å². The van der Waals surface area contributed by atoms with Crippen molar-refractivity contribution in [3.63, 3.8) is 0 Å². The van der Waals surface area contributed by atoms with E-state index in [0.29, 0.717) is 13.2 Å². The van der Waals surface area contributed by atoms with Crippen molar-refractivity contribution in [1.82, 2.24) is 0 Å². The summed E-state index contributed by atoms with van der Waals surface area (Å²) in [5.74, 6) is 1.74. The zero-order valence-corrected chi connectivity index (χ0v) is 26.8. The Labute approximate surface area is 238 Å². The van der Waals surface area contributed by atoms with Crippen LogP contribution in [0.4, 0.5) is 0 Å². The van der Waals surface area contributed by atoms with E-state index in [1.54, 1.807) is 29.9 Å². The van der Waals surface area contributed by atoms with Crippen molar-refractivity contribution in [1.29, 1.82) is 0 Å². The van der Waals surface area contributed by atoms with Gasteiger partial charge in [-0.3, -0.25) is 11.9 Å². The quantitative estimate of drug-likeness (QED) is 0.0388. The minimum absolute atomic E-state index is 0.117. The smallest absolute Gasteiger partial charge is 0.393 e. The van der Waals surface area contributed by atoms with E-state index in [9.17, 15) is 14.6 Å². The summed E-state index contributed by atoms with van der Waals surface area (Å²) in [7, 11) is -4.56. The maximum Gasteiger partial charge on any atom is 0.472 e. The van der Waals surface area contributed by atoms with Gasteiger partial charge in [0, 0.05) is 18.6 Å². The highest BCUT2D eigenvalue weighted by Crippen LogP contribution is 2.46. The third kappa shape index (κ3) is 21.3. The monoisotopic (exact) mass is 694 g/mol. The largest absolute Gasteiger partial charge is 0.472 e. The molecule has 212 valence electrons. The molecule has 0 bridgehead atoms. The molecule has 0 saturated heterocycles. The van der Waals surface area contributed by atoms with Crippen molar-refractivity contribution in [2.75, 3.05) is 57.8 Å². The highest BCUT2D eigenvalue weighted by molar-refractivity contribution is 14.1. The topological polar surface area (TPSA) is 113 Å². The van der Waals surface area contributed by atoms with Crippen LogP contribution in [0.2, 0.25) is 0 Å². The van der Waals surface area contributed by atoms with Crippen LogP contribution in [0.1, 0.15) is 65.2 Å². The Morgan fingerprint density at radius 2 is 1.43 bits per heavy atom. The first-order chi connectivity index (χ1) is 16.7. The summed E-state index contributed by atoms with van der Waals surface area (Å²) in [6.45, 7) is 4.24. The number of rotatable bonds is 26. The van der Waals surface area contributed by atoms with Crippen LogP contribution < -0.4 is 0 Å². The van der Waals surface area contributed by atoms with Crippen LogP contribution in [0.5, 0.6) is 0 Å².